The zero-order chi connectivity index (χ0) is 27.7. The zero-order valence-corrected chi connectivity index (χ0v) is 22.3. The summed E-state index contributed by atoms with van der Waals surface area (Å²) >= 11 is 0. The quantitative estimate of drug-likeness (QED) is 0.298. The Morgan fingerprint density at radius 1 is 1.05 bits per heavy atom. The molecule has 0 unspecified atom stereocenters. The van der Waals surface area contributed by atoms with E-state index in [0.29, 0.717) is 25.1 Å². The van der Waals surface area contributed by atoms with Gasteiger partial charge in [0.2, 0.25) is 5.91 Å². The summed E-state index contributed by atoms with van der Waals surface area (Å²) in [6, 6.07) is 15.0. The molecule has 3 rings (SSSR count). The second-order valence-corrected chi connectivity index (χ2v) is 10.2. The molecule has 0 aliphatic heterocycles. The summed E-state index contributed by atoms with van der Waals surface area (Å²) in [6.07, 6.45) is 1.58. The predicted molar refractivity (Wildman–Crippen MR) is 146 cm³/mol. The molecule has 0 saturated carbocycles. The number of phenols is 1. The zero-order valence-electron chi connectivity index (χ0n) is 22.3. The lowest BCUT2D eigenvalue weighted by atomic mass is 10.0. The molecule has 9 nitrogen and oxygen atoms in total. The van der Waals surface area contributed by atoms with E-state index >= 15 is 0 Å². The van der Waals surface area contributed by atoms with Crippen molar-refractivity contribution >= 4 is 12.0 Å². The maximum atomic E-state index is 12.9. The van der Waals surface area contributed by atoms with Crippen LogP contribution in [-0.2, 0) is 22.4 Å². The minimum atomic E-state index is -0.845. The first-order chi connectivity index (χ1) is 18.0. The number of aromatic nitrogens is 2. The number of nitrogens with zero attached hydrogens (tertiary/aromatic N) is 1. The van der Waals surface area contributed by atoms with Crippen molar-refractivity contribution in [1.29, 1.82) is 0 Å². The van der Waals surface area contributed by atoms with E-state index in [1.807, 2.05) is 37.3 Å². The standard InChI is InChI=1S/C29H36N4O5/c1-19-23(32-27(36)25(31-19)21-10-6-5-7-11-21)12-8-9-17-30-26(35)24(33-28(37)38-29(2,3)4)18-20-13-15-22(34)16-14-20/h5-7,10-11,13-16,24,34H,8-9,12,17-18H2,1-4H3,(H,30,35)(H,32,36)(H,33,37)/t24-/m0/s1. The fraction of sp³-hybridized carbons (Fsp3) is 0.379. The number of alkyl carbamates (subject to hydrolysis) is 1. The molecule has 0 aliphatic carbocycles. The van der Waals surface area contributed by atoms with E-state index in [1.165, 1.54) is 12.1 Å². The summed E-state index contributed by atoms with van der Waals surface area (Å²) in [4.78, 5) is 45.3. The molecule has 38 heavy (non-hydrogen) atoms. The van der Waals surface area contributed by atoms with E-state index in [1.54, 1.807) is 32.9 Å². The van der Waals surface area contributed by atoms with Crippen LogP contribution >= 0.6 is 0 Å². The van der Waals surface area contributed by atoms with E-state index in [4.69, 9.17) is 4.74 Å². The van der Waals surface area contributed by atoms with Gasteiger partial charge in [0.1, 0.15) is 23.1 Å². The minimum absolute atomic E-state index is 0.122. The average Bonchev–Trinajstić information content (AvgIpc) is 2.85. The van der Waals surface area contributed by atoms with Gasteiger partial charge >= 0.3 is 6.09 Å². The molecule has 0 saturated heterocycles. The van der Waals surface area contributed by atoms with Gasteiger partial charge in [0.05, 0.1) is 5.69 Å². The van der Waals surface area contributed by atoms with Crippen LogP contribution in [0.5, 0.6) is 5.75 Å². The Labute approximate surface area is 222 Å². The monoisotopic (exact) mass is 520 g/mol. The highest BCUT2D eigenvalue weighted by atomic mass is 16.6. The third-order valence-electron chi connectivity index (χ3n) is 5.78. The second kappa shape index (κ2) is 12.9. The van der Waals surface area contributed by atoms with Gasteiger partial charge in [-0.1, -0.05) is 42.5 Å². The van der Waals surface area contributed by atoms with Gasteiger partial charge in [-0.3, -0.25) is 9.59 Å². The number of hydrogen-bond donors (Lipinski definition) is 4. The molecule has 2 aromatic carbocycles. The molecular weight excluding hydrogens is 484 g/mol. The Kier molecular flexibility index (Phi) is 9.65. The lowest BCUT2D eigenvalue weighted by Gasteiger charge is -2.23. The minimum Gasteiger partial charge on any atom is -0.508 e. The number of ether oxygens (including phenoxy) is 1. The lowest BCUT2D eigenvalue weighted by Crippen LogP contribution is -2.49. The number of hydrogen-bond acceptors (Lipinski definition) is 6. The molecule has 4 N–H and O–H groups in total. The molecule has 202 valence electrons. The molecule has 1 heterocycles. The van der Waals surface area contributed by atoms with Crippen LogP contribution in [0.2, 0.25) is 0 Å². The summed E-state index contributed by atoms with van der Waals surface area (Å²) in [5, 5.41) is 15.1. The Morgan fingerprint density at radius 3 is 2.39 bits per heavy atom. The van der Waals surface area contributed by atoms with E-state index in [0.717, 1.165) is 28.9 Å². The maximum absolute atomic E-state index is 12.9. The fourth-order valence-electron chi connectivity index (χ4n) is 3.90. The molecule has 3 aromatic rings. The third kappa shape index (κ3) is 8.76. The first kappa shape index (κ1) is 28.4. The van der Waals surface area contributed by atoms with E-state index < -0.39 is 17.7 Å². The van der Waals surface area contributed by atoms with E-state index in [9.17, 15) is 19.5 Å². The van der Waals surface area contributed by atoms with Gasteiger partial charge in [0.15, 0.2) is 0 Å². The molecule has 2 amide bonds. The maximum Gasteiger partial charge on any atom is 0.408 e. The number of benzene rings is 2. The number of carbonyl (C=O) groups excluding carboxylic acids is 2. The van der Waals surface area contributed by atoms with Crippen LogP contribution in [0.15, 0.2) is 59.4 Å². The molecule has 1 atom stereocenters. The van der Waals surface area contributed by atoms with Crippen molar-refractivity contribution in [1.82, 2.24) is 20.6 Å². The van der Waals surface area contributed by atoms with Crippen molar-refractivity contribution in [2.45, 2.75) is 65.0 Å². The number of aryl methyl sites for hydroxylation is 2. The SMILES string of the molecule is Cc1nc(-c2ccccc2)c(=O)[nH]c1CCCCNC(=O)[C@H](Cc1ccc(O)cc1)NC(=O)OC(C)(C)C. The number of unbranched alkanes of at least 4 members (excludes halogenated alkanes) is 1. The Morgan fingerprint density at radius 2 is 1.74 bits per heavy atom. The van der Waals surface area contributed by atoms with Crippen molar-refractivity contribution in [2.75, 3.05) is 6.54 Å². The summed E-state index contributed by atoms with van der Waals surface area (Å²) < 4.78 is 5.32. The van der Waals surface area contributed by atoms with Gasteiger partial charge in [-0.25, -0.2) is 9.78 Å². The second-order valence-electron chi connectivity index (χ2n) is 10.2. The summed E-state index contributed by atoms with van der Waals surface area (Å²) in [5.41, 5.74) is 2.57. The van der Waals surface area contributed by atoms with Crippen LogP contribution in [0.1, 0.15) is 50.6 Å². The van der Waals surface area contributed by atoms with Gasteiger partial charge in [0, 0.05) is 24.2 Å². The number of amides is 2. The van der Waals surface area contributed by atoms with E-state index in [-0.39, 0.29) is 23.6 Å². The van der Waals surface area contributed by atoms with Crippen LogP contribution in [0.25, 0.3) is 11.3 Å². The van der Waals surface area contributed by atoms with Crippen LogP contribution in [0, 0.1) is 6.92 Å². The molecular formula is C29H36N4O5. The predicted octanol–water partition coefficient (Wildman–Crippen LogP) is 4.03. The number of phenolic OH excluding ortho intramolecular Hbond substituents is 1. The summed E-state index contributed by atoms with van der Waals surface area (Å²) in [6.45, 7) is 7.53. The van der Waals surface area contributed by atoms with E-state index in [2.05, 4.69) is 20.6 Å². The van der Waals surface area contributed by atoms with Crippen molar-refractivity contribution in [3.63, 3.8) is 0 Å². The number of H-pyrrole nitrogens is 1. The number of carbonyl (C=O) groups is 2. The largest absolute Gasteiger partial charge is 0.508 e. The third-order valence-corrected chi connectivity index (χ3v) is 5.78. The number of nitrogens with one attached hydrogen (secondary N) is 3. The smallest absolute Gasteiger partial charge is 0.408 e. The van der Waals surface area contributed by atoms with Crippen LogP contribution < -0.4 is 16.2 Å². The Balaban J connectivity index is 1.54. The highest BCUT2D eigenvalue weighted by Crippen LogP contribution is 2.15. The van der Waals surface area contributed by atoms with Gasteiger partial charge in [-0.15, -0.1) is 0 Å². The van der Waals surface area contributed by atoms with Crippen molar-refractivity contribution < 1.29 is 19.4 Å². The molecule has 1 aromatic heterocycles. The molecule has 9 heteroatoms. The van der Waals surface area contributed by atoms with Crippen molar-refractivity contribution in [3.8, 4) is 17.0 Å². The van der Waals surface area contributed by atoms with Crippen molar-refractivity contribution in [2.24, 2.45) is 0 Å². The first-order valence-corrected chi connectivity index (χ1v) is 12.7. The topological polar surface area (TPSA) is 133 Å². The molecule has 0 aliphatic rings. The van der Waals surface area contributed by atoms with Gasteiger partial charge < -0.3 is 25.5 Å². The van der Waals surface area contributed by atoms with Gasteiger partial charge in [-0.2, -0.15) is 0 Å². The first-order valence-electron chi connectivity index (χ1n) is 12.7. The summed E-state index contributed by atoms with van der Waals surface area (Å²) in [5.74, 6) is -0.209. The molecule has 0 radical (unpaired) electrons. The number of rotatable bonds is 10. The van der Waals surface area contributed by atoms with Gasteiger partial charge in [-0.05, 0) is 64.7 Å². The average molecular weight is 521 g/mol. The molecule has 0 bridgehead atoms. The van der Waals surface area contributed by atoms with Gasteiger partial charge in [0.25, 0.3) is 5.56 Å². The van der Waals surface area contributed by atoms with Crippen LogP contribution in [0.4, 0.5) is 4.79 Å². The Hall–Kier alpha value is -4.14. The highest BCUT2D eigenvalue weighted by molar-refractivity contribution is 5.86. The van der Waals surface area contributed by atoms with Crippen LogP contribution in [-0.4, -0.2) is 45.3 Å². The summed E-state index contributed by atoms with van der Waals surface area (Å²) in [7, 11) is 0. The normalized spacial score (nSPS) is 12.0. The Bertz CT molecular complexity index is 1280. The van der Waals surface area contributed by atoms with Crippen molar-refractivity contribution in [3.05, 3.63) is 81.9 Å². The number of aromatic hydroxyl groups is 1. The van der Waals surface area contributed by atoms with Crippen LogP contribution in [0.3, 0.4) is 0 Å². The molecule has 0 spiro atoms. The fourth-order valence-corrected chi connectivity index (χ4v) is 3.90. The lowest BCUT2D eigenvalue weighted by molar-refractivity contribution is -0.123. The highest BCUT2D eigenvalue weighted by Gasteiger charge is 2.24. The molecule has 0 fully saturated rings. The number of aromatic amines is 1.